The summed E-state index contributed by atoms with van der Waals surface area (Å²) in [6, 6.07) is 1.64. The van der Waals surface area contributed by atoms with Crippen molar-refractivity contribution in [3.63, 3.8) is 0 Å². The minimum absolute atomic E-state index is 0.0303. The molecule has 0 aliphatic carbocycles. The molecule has 0 saturated carbocycles. The van der Waals surface area contributed by atoms with E-state index in [2.05, 4.69) is 5.32 Å². The first-order valence-corrected chi connectivity index (χ1v) is 7.43. The molecule has 0 radical (unpaired) electrons. The fraction of sp³-hybridized carbons (Fsp3) is 0.438. The Labute approximate surface area is 138 Å². The number of carbonyl (C=O) groups excluding carboxylic acids is 3. The number of ether oxygens (including phenoxy) is 1. The van der Waals surface area contributed by atoms with Gasteiger partial charge in [-0.25, -0.2) is 8.78 Å². The molecule has 3 N–H and O–H groups in total. The van der Waals surface area contributed by atoms with Crippen LogP contribution in [-0.4, -0.2) is 30.4 Å². The van der Waals surface area contributed by atoms with Crippen molar-refractivity contribution in [3.05, 3.63) is 35.4 Å². The van der Waals surface area contributed by atoms with E-state index in [1.165, 1.54) is 0 Å². The minimum Gasteiger partial charge on any atom is -0.466 e. The van der Waals surface area contributed by atoms with E-state index in [0.29, 0.717) is 6.07 Å². The highest BCUT2D eigenvalue weighted by atomic mass is 19.1. The fourth-order valence-electron chi connectivity index (χ4n) is 2.12. The maximum atomic E-state index is 13.1. The summed E-state index contributed by atoms with van der Waals surface area (Å²) in [6.45, 7) is 3.39. The molecular formula is C16H20F2N2O4. The molecule has 0 unspecified atom stereocenters. The number of amides is 2. The van der Waals surface area contributed by atoms with Crippen molar-refractivity contribution in [1.82, 2.24) is 5.32 Å². The molecule has 0 fully saturated rings. The Balaban J connectivity index is 2.69. The lowest BCUT2D eigenvalue weighted by Gasteiger charge is -2.19. The second kappa shape index (κ2) is 8.95. The van der Waals surface area contributed by atoms with Crippen LogP contribution in [0.4, 0.5) is 8.78 Å². The van der Waals surface area contributed by atoms with Gasteiger partial charge in [-0.3, -0.25) is 14.4 Å². The molecule has 132 valence electrons. The zero-order chi connectivity index (χ0) is 18.3. The van der Waals surface area contributed by atoms with E-state index in [1.807, 2.05) is 0 Å². The van der Waals surface area contributed by atoms with Crippen LogP contribution in [0.1, 0.15) is 25.8 Å². The molecule has 1 rings (SSSR count). The van der Waals surface area contributed by atoms with Crippen LogP contribution in [0.5, 0.6) is 0 Å². The lowest BCUT2D eigenvalue weighted by Crippen LogP contribution is -2.46. The summed E-state index contributed by atoms with van der Waals surface area (Å²) >= 11 is 0. The van der Waals surface area contributed by atoms with Crippen LogP contribution in [0.25, 0.3) is 0 Å². The maximum absolute atomic E-state index is 13.1. The molecule has 0 aromatic heterocycles. The Morgan fingerprint density at radius 1 is 1.21 bits per heavy atom. The number of carbonyl (C=O) groups is 3. The van der Waals surface area contributed by atoms with Gasteiger partial charge < -0.3 is 15.8 Å². The van der Waals surface area contributed by atoms with E-state index in [0.717, 1.165) is 12.1 Å². The zero-order valence-electron chi connectivity index (χ0n) is 13.5. The molecule has 1 aromatic carbocycles. The van der Waals surface area contributed by atoms with Gasteiger partial charge in [0.15, 0.2) is 0 Å². The van der Waals surface area contributed by atoms with Gasteiger partial charge in [0.1, 0.15) is 17.7 Å². The van der Waals surface area contributed by atoms with Gasteiger partial charge in [0.05, 0.1) is 18.9 Å². The molecule has 2 amide bonds. The van der Waals surface area contributed by atoms with Crippen molar-refractivity contribution >= 4 is 17.8 Å². The highest BCUT2D eigenvalue weighted by Gasteiger charge is 2.25. The average Bonchev–Trinajstić information content (AvgIpc) is 2.45. The van der Waals surface area contributed by atoms with E-state index in [4.69, 9.17) is 10.5 Å². The minimum atomic E-state index is -1.09. The van der Waals surface area contributed by atoms with Gasteiger partial charge in [-0.15, -0.1) is 0 Å². The predicted molar refractivity (Wildman–Crippen MR) is 81.6 cm³/mol. The van der Waals surface area contributed by atoms with Crippen molar-refractivity contribution in [2.75, 3.05) is 6.61 Å². The first kappa shape index (κ1) is 19.5. The Bertz CT molecular complexity index is 602. The Morgan fingerprint density at radius 3 is 2.29 bits per heavy atom. The molecule has 0 aliphatic rings. The number of benzene rings is 1. The summed E-state index contributed by atoms with van der Waals surface area (Å²) in [5.74, 6) is -4.22. The van der Waals surface area contributed by atoms with Crippen LogP contribution in [0.2, 0.25) is 0 Å². The van der Waals surface area contributed by atoms with E-state index in [1.54, 1.807) is 13.8 Å². The first-order valence-electron chi connectivity index (χ1n) is 7.43. The van der Waals surface area contributed by atoms with E-state index in [-0.39, 0.29) is 25.0 Å². The monoisotopic (exact) mass is 342 g/mol. The summed E-state index contributed by atoms with van der Waals surface area (Å²) in [5.41, 5.74) is 5.34. The first-order chi connectivity index (χ1) is 11.2. The quantitative estimate of drug-likeness (QED) is 0.690. The van der Waals surface area contributed by atoms with Crippen molar-refractivity contribution in [2.45, 2.75) is 32.7 Å². The summed E-state index contributed by atoms with van der Waals surface area (Å²) in [4.78, 5) is 35.0. The third kappa shape index (κ3) is 6.31. The van der Waals surface area contributed by atoms with Gasteiger partial charge in [-0.1, -0.05) is 6.92 Å². The molecule has 0 bridgehead atoms. The van der Waals surface area contributed by atoms with Crippen LogP contribution >= 0.6 is 0 Å². The molecule has 8 heteroatoms. The summed E-state index contributed by atoms with van der Waals surface area (Å²) in [6.07, 6.45) is -0.357. The van der Waals surface area contributed by atoms with E-state index >= 15 is 0 Å². The number of halogens is 2. The van der Waals surface area contributed by atoms with Gasteiger partial charge in [0, 0.05) is 6.07 Å². The van der Waals surface area contributed by atoms with Gasteiger partial charge in [-0.2, -0.15) is 0 Å². The third-order valence-electron chi connectivity index (χ3n) is 3.24. The zero-order valence-corrected chi connectivity index (χ0v) is 13.5. The fourth-order valence-corrected chi connectivity index (χ4v) is 2.12. The van der Waals surface area contributed by atoms with Crippen LogP contribution in [0.3, 0.4) is 0 Å². The number of hydrogen-bond donors (Lipinski definition) is 2. The van der Waals surface area contributed by atoms with Crippen molar-refractivity contribution in [3.8, 4) is 0 Å². The topological polar surface area (TPSA) is 98.5 Å². The summed E-state index contributed by atoms with van der Waals surface area (Å²) in [5, 5.41) is 2.37. The van der Waals surface area contributed by atoms with Crippen molar-refractivity contribution in [1.29, 1.82) is 0 Å². The highest BCUT2D eigenvalue weighted by molar-refractivity contribution is 5.88. The normalized spacial score (nSPS) is 13.0. The number of nitrogens with two attached hydrogens (primary N) is 1. The lowest BCUT2D eigenvalue weighted by atomic mass is 10.0. The van der Waals surface area contributed by atoms with Crippen LogP contribution < -0.4 is 11.1 Å². The van der Waals surface area contributed by atoms with Crippen LogP contribution in [0, 0.1) is 17.6 Å². The Morgan fingerprint density at radius 2 is 1.79 bits per heavy atom. The smallest absolute Gasteiger partial charge is 0.308 e. The second-order valence-corrected chi connectivity index (χ2v) is 5.37. The highest BCUT2D eigenvalue weighted by Crippen LogP contribution is 2.11. The average molecular weight is 342 g/mol. The van der Waals surface area contributed by atoms with E-state index in [9.17, 15) is 23.2 Å². The van der Waals surface area contributed by atoms with Gasteiger partial charge in [0.2, 0.25) is 11.8 Å². The molecule has 6 nitrogen and oxygen atoms in total. The van der Waals surface area contributed by atoms with Gasteiger partial charge >= 0.3 is 5.97 Å². The Kier molecular flexibility index (Phi) is 7.29. The molecule has 0 heterocycles. The van der Waals surface area contributed by atoms with Crippen molar-refractivity contribution in [2.24, 2.45) is 11.7 Å². The molecule has 0 saturated heterocycles. The number of hydrogen-bond acceptors (Lipinski definition) is 4. The number of rotatable bonds is 8. The number of nitrogens with one attached hydrogen (secondary N) is 1. The largest absolute Gasteiger partial charge is 0.466 e. The second-order valence-electron chi connectivity index (χ2n) is 5.37. The summed E-state index contributed by atoms with van der Waals surface area (Å²) < 4.78 is 31.0. The predicted octanol–water partition coefficient (Wildman–Crippen LogP) is 1.07. The molecule has 0 aliphatic heterocycles. The van der Waals surface area contributed by atoms with Crippen LogP contribution in [-0.2, 0) is 25.5 Å². The third-order valence-corrected chi connectivity index (χ3v) is 3.24. The molecule has 24 heavy (non-hydrogen) atoms. The lowest BCUT2D eigenvalue weighted by molar-refractivity contribution is -0.148. The molecular weight excluding hydrogens is 322 g/mol. The molecule has 2 atom stereocenters. The maximum Gasteiger partial charge on any atom is 0.308 e. The standard InChI is InChI=1S/C16H20F2N2O4/c1-3-24-16(23)9(2)4-13(15(19)22)20-14(21)7-10-5-11(17)8-12(18)6-10/h5-6,8-9,13H,3-4,7H2,1-2H3,(H2,19,22)(H,20,21)/t9-,13-/m1/s1. The van der Waals surface area contributed by atoms with Gasteiger partial charge in [-0.05, 0) is 31.0 Å². The van der Waals surface area contributed by atoms with E-state index < -0.39 is 41.4 Å². The van der Waals surface area contributed by atoms with Gasteiger partial charge in [0.25, 0.3) is 0 Å². The number of primary amides is 1. The molecule has 0 spiro atoms. The molecule has 1 aromatic rings. The van der Waals surface area contributed by atoms with Crippen LogP contribution in [0.15, 0.2) is 18.2 Å². The number of esters is 1. The summed E-state index contributed by atoms with van der Waals surface area (Å²) in [7, 11) is 0. The van der Waals surface area contributed by atoms with Crippen molar-refractivity contribution < 1.29 is 27.9 Å². The Hall–Kier alpha value is -2.51. The SMILES string of the molecule is CCOC(=O)[C@H](C)C[C@@H](NC(=O)Cc1cc(F)cc(F)c1)C(N)=O.